The summed E-state index contributed by atoms with van der Waals surface area (Å²) in [6, 6.07) is 25.8. The Morgan fingerprint density at radius 3 is 1.64 bits per heavy atom. The van der Waals surface area contributed by atoms with Crippen LogP contribution in [0.4, 0.5) is 5.69 Å². The molecule has 1 nitrogen and oxygen atoms in total. The van der Waals surface area contributed by atoms with E-state index in [2.05, 4.69) is 80.6 Å². The van der Waals surface area contributed by atoms with Crippen molar-refractivity contribution in [3.63, 3.8) is 0 Å². The van der Waals surface area contributed by atoms with E-state index in [1.165, 1.54) is 27.0 Å². The van der Waals surface area contributed by atoms with E-state index in [-0.39, 0.29) is 0 Å². The van der Waals surface area contributed by atoms with Gasteiger partial charge in [-0.1, -0.05) is 66.7 Å². The molecule has 0 atom stereocenters. The number of anilines is 1. The van der Waals surface area contributed by atoms with E-state index < -0.39 is 7.92 Å². The molecule has 0 saturated carbocycles. The molecule has 2 N–H and O–H groups in total. The van der Waals surface area contributed by atoms with Crippen molar-refractivity contribution in [3.8, 4) is 0 Å². The molecule has 0 aromatic heterocycles. The fraction of sp³-hybridized carbons (Fsp3) is 0.100. The molecular formula is C20H20NP. The second-order valence-electron chi connectivity index (χ2n) is 5.43. The van der Waals surface area contributed by atoms with Crippen LogP contribution in [0.5, 0.6) is 0 Å². The minimum atomic E-state index is -0.551. The highest BCUT2D eigenvalue weighted by molar-refractivity contribution is 7.79. The van der Waals surface area contributed by atoms with Crippen molar-refractivity contribution in [2.45, 2.75) is 13.8 Å². The second-order valence-corrected chi connectivity index (χ2v) is 7.62. The largest absolute Gasteiger partial charge is 0.399 e. The normalized spacial score (nSPS) is 10.9. The van der Waals surface area contributed by atoms with Gasteiger partial charge in [0.1, 0.15) is 0 Å². The SMILES string of the molecule is Cc1c(N)ccc(P(c2ccccc2)c2ccccc2)c1C. The molecule has 0 unspecified atom stereocenters. The standard InChI is InChI=1S/C20H20NP/c1-15-16(2)20(14-13-19(15)21)22(17-9-5-3-6-10-17)18-11-7-4-8-12-18/h3-14H,21H2,1-2H3. The molecule has 3 aromatic carbocycles. The maximum Gasteiger partial charge on any atom is 0.0346 e. The fourth-order valence-electron chi connectivity index (χ4n) is 2.65. The van der Waals surface area contributed by atoms with E-state index >= 15 is 0 Å². The average Bonchev–Trinajstić information content (AvgIpc) is 2.57. The van der Waals surface area contributed by atoms with Crippen LogP contribution in [0.1, 0.15) is 11.1 Å². The highest BCUT2D eigenvalue weighted by Crippen LogP contribution is 2.35. The highest BCUT2D eigenvalue weighted by atomic mass is 31.1. The van der Waals surface area contributed by atoms with Crippen LogP contribution in [-0.4, -0.2) is 0 Å². The number of rotatable bonds is 3. The molecule has 0 radical (unpaired) electrons. The van der Waals surface area contributed by atoms with Gasteiger partial charge in [0.05, 0.1) is 0 Å². The first kappa shape index (κ1) is 14.8. The number of hydrogen-bond acceptors (Lipinski definition) is 1. The van der Waals surface area contributed by atoms with Crippen molar-refractivity contribution in [1.29, 1.82) is 0 Å². The van der Waals surface area contributed by atoms with Gasteiger partial charge in [0.15, 0.2) is 0 Å². The molecule has 0 aliphatic rings. The third kappa shape index (κ3) is 2.77. The number of benzene rings is 3. The molecule has 110 valence electrons. The lowest BCUT2D eigenvalue weighted by molar-refractivity contribution is 1.37. The summed E-state index contributed by atoms with van der Waals surface area (Å²) in [5.41, 5.74) is 9.44. The third-order valence-corrected chi connectivity index (χ3v) is 6.67. The van der Waals surface area contributed by atoms with Crippen molar-refractivity contribution in [3.05, 3.63) is 83.9 Å². The second kappa shape index (κ2) is 6.34. The van der Waals surface area contributed by atoms with Crippen LogP contribution in [0.15, 0.2) is 72.8 Å². The molecule has 0 saturated heterocycles. The summed E-state index contributed by atoms with van der Waals surface area (Å²) in [7, 11) is -0.551. The van der Waals surface area contributed by atoms with Gasteiger partial charge in [-0.3, -0.25) is 0 Å². The third-order valence-electron chi connectivity index (χ3n) is 4.07. The summed E-state index contributed by atoms with van der Waals surface area (Å²) in [4.78, 5) is 0. The van der Waals surface area contributed by atoms with E-state index in [1.54, 1.807) is 0 Å². The maximum atomic E-state index is 6.07. The van der Waals surface area contributed by atoms with Crippen molar-refractivity contribution in [2.75, 3.05) is 5.73 Å². The molecule has 3 aromatic rings. The summed E-state index contributed by atoms with van der Waals surface area (Å²) >= 11 is 0. The van der Waals surface area contributed by atoms with E-state index in [0.717, 1.165) is 5.69 Å². The van der Waals surface area contributed by atoms with E-state index in [0.29, 0.717) is 0 Å². The summed E-state index contributed by atoms with van der Waals surface area (Å²) in [6.45, 7) is 4.29. The Morgan fingerprint density at radius 1 is 0.636 bits per heavy atom. The zero-order valence-corrected chi connectivity index (χ0v) is 13.8. The Labute approximate surface area is 133 Å². The Kier molecular flexibility index (Phi) is 4.27. The van der Waals surface area contributed by atoms with Gasteiger partial charge < -0.3 is 5.73 Å². The van der Waals surface area contributed by atoms with Gasteiger partial charge in [-0.05, 0) is 54.9 Å². The molecule has 2 heteroatoms. The van der Waals surface area contributed by atoms with Crippen LogP contribution in [0.2, 0.25) is 0 Å². The molecule has 0 bridgehead atoms. The van der Waals surface area contributed by atoms with E-state index in [1.807, 2.05) is 6.07 Å². The first-order valence-electron chi connectivity index (χ1n) is 7.44. The van der Waals surface area contributed by atoms with Crippen molar-refractivity contribution in [2.24, 2.45) is 0 Å². The first-order valence-corrected chi connectivity index (χ1v) is 8.78. The minimum Gasteiger partial charge on any atom is -0.399 e. The predicted molar refractivity (Wildman–Crippen MR) is 99.0 cm³/mol. The quantitative estimate of drug-likeness (QED) is 0.580. The zero-order valence-electron chi connectivity index (χ0n) is 13.0. The van der Waals surface area contributed by atoms with E-state index in [9.17, 15) is 0 Å². The number of nitrogen functional groups attached to an aromatic ring is 1. The average molecular weight is 305 g/mol. The monoisotopic (exact) mass is 305 g/mol. The van der Waals surface area contributed by atoms with Gasteiger partial charge in [0.2, 0.25) is 0 Å². The van der Waals surface area contributed by atoms with Crippen LogP contribution in [0.25, 0.3) is 0 Å². The molecule has 0 spiro atoms. The van der Waals surface area contributed by atoms with Crippen LogP contribution < -0.4 is 21.6 Å². The lowest BCUT2D eigenvalue weighted by Gasteiger charge is -2.22. The number of hydrogen-bond donors (Lipinski definition) is 1. The fourth-order valence-corrected chi connectivity index (χ4v) is 5.17. The molecule has 0 fully saturated rings. The van der Waals surface area contributed by atoms with Crippen LogP contribution in [-0.2, 0) is 0 Å². The van der Waals surface area contributed by atoms with Gasteiger partial charge in [0, 0.05) is 5.69 Å². The summed E-state index contributed by atoms with van der Waals surface area (Å²) in [5.74, 6) is 0. The number of nitrogens with two attached hydrogens (primary N) is 1. The molecular weight excluding hydrogens is 285 g/mol. The highest BCUT2D eigenvalue weighted by Gasteiger charge is 2.19. The minimum absolute atomic E-state index is 0.551. The van der Waals surface area contributed by atoms with Gasteiger partial charge in [0.25, 0.3) is 0 Å². The predicted octanol–water partition coefficient (Wildman–Crippen LogP) is 3.64. The maximum absolute atomic E-state index is 6.07. The van der Waals surface area contributed by atoms with Crippen LogP contribution in [0, 0.1) is 13.8 Å². The smallest absolute Gasteiger partial charge is 0.0346 e. The van der Waals surface area contributed by atoms with Gasteiger partial charge >= 0.3 is 0 Å². The molecule has 0 aliphatic heterocycles. The Morgan fingerprint density at radius 2 is 1.14 bits per heavy atom. The van der Waals surface area contributed by atoms with Gasteiger partial charge in [-0.25, -0.2) is 0 Å². The van der Waals surface area contributed by atoms with Gasteiger partial charge in [-0.2, -0.15) is 0 Å². The molecule has 0 heterocycles. The summed E-state index contributed by atoms with van der Waals surface area (Å²) in [6.07, 6.45) is 0. The van der Waals surface area contributed by atoms with Gasteiger partial charge in [-0.15, -0.1) is 0 Å². The summed E-state index contributed by atoms with van der Waals surface area (Å²) < 4.78 is 0. The first-order chi connectivity index (χ1) is 10.7. The molecule has 3 rings (SSSR count). The Hall–Kier alpha value is -2.11. The topological polar surface area (TPSA) is 26.0 Å². The lowest BCUT2D eigenvalue weighted by Crippen LogP contribution is -2.23. The molecule has 0 amide bonds. The van der Waals surface area contributed by atoms with Crippen LogP contribution >= 0.6 is 7.92 Å². The van der Waals surface area contributed by atoms with E-state index in [4.69, 9.17) is 5.73 Å². The Bertz CT molecular complexity index is 727. The van der Waals surface area contributed by atoms with Crippen molar-refractivity contribution < 1.29 is 0 Å². The van der Waals surface area contributed by atoms with Crippen molar-refractivity contribution in [1.82, 2.24) is 0 Å². The lowest BCUT2D eigenvalue weighted by atomic mass is 10.1. The van der Waals surface area contributed by atoms with Crippen LogP contribution in [0.3, 0.4) is 0 Å². The molecule has 22 heavy (non-hydrogen) atoms. The Balaban J connectivity index is 2.21. The molecule has 0 aliphatic carbocycles. The van der Waals surface area contributed by atoms with Crippen molar-refractivity contribution >= 4 is 29.5 Å². The zero-order chi connectivity index (χ0) is 15.5. The summed E-state index contributed by atoms with van der Waals surface area (Å²) in [5, 5.41) is 4.13.